The predicted octanol–water partition coefficient (Wildman–Crippen LogP) is 6.63. The van der Waals surface area contributed by atoms with Gasteiger partial charge in [-0.2, -0.15) is 10.2 Å². The monoisotopic (exact) mass is 324 g/mol. The molecule has 0 heterocycles. The third kappa shape index (κ3) is 3.12. The molecule has 4 rings (SSSR count). The smallest absolute Gasteiger partial charge is 0.124 e. The van der Waals surface area contributed by atoms with Gasteiger partial charge < -0.3 is 5.11 Å². The highest BCUT2D eigenvalue weighted by Gasteiger charge is 2.09. The van der Waals surface area contributed by atoms with Crippen LogP contribution in [0.2, 0.25) is 0 Å². The molecule has 0 bridgehead atoms. The van der Waals surface area contributed by atoms with Gasteiger partial charge in [0.05, 0.1) is 11.4 Å². The number of rotatable bonds is 3. The zero-order chi connectivity index (χ0) is 17.1. The molecule has 4 aromatic carbocycles. The Morgan fingerprint density at radius 2 is 1.20 bits per heavy atom. The fourth-order valence-electron chi connectivity index (χ4n) is 2.87. The van der Waals surface area contributed by atoms with Crippen molar-refractivity contribution in [3.63, 3.8) is 0 Å². The van der Waals surface area contributed by atoms with Crippen LogP contribution < -0.4 is 0 Å². The van der Waals surface area contributed by atoms with Gasteiger partial charge in [-0.1, -0.05) is 60.7 Å². The molecule has 3 nitrogen and oxygen atoms in total. The molecular weight excluding hydrogens is 308 g/mol. The molecule has 4 aromatic rings. The number of fused-ring (bicyclic) bond motifs is 1. The van der Waals surface area contributed by atoms with Crippen molar-refractivity contribution in [3.05, 3.63) is 91.0 Å². The van der Waals surface area contributed by atoms with Crippen LogP contribution in [-0.4, -0.2) is 5.11 Å². The van der Waals surface area contributed by atoms with E-state index in [9.17, 15) is 5.11 Å². The predicted molar refractivity (Wildman–Crippen MR) is 102 cm³/mol. The maximum Gasteiger partial charge on any atom is 0.124 e. The van der Waals surface area contributed by atoms with Crippen LogP contribution in [0.4, 0.5) is 11.4 Å². The van der Waals surface area contributed by atoms with Gasteiger partial charge in [0.25, 0.3) is 0 Å². The van der Waals surface area contributed by atoms with Crippen molar-refractivity contribution in [3.8, 4) is 16.9 Å². The summed E-state index contributed by atoms with van der Waals surface area (Å²) in [6.45, 7) is 0. The Bertz CT molecular complexity index is 1040. The highest BCUT2D eigenvalue weighted by atomic mass is 16.3. The fraction of sp³-hybridized carbons (Fsp3) is 0. The van der Waals surface area contributed by atoms with Gasteiger partial charge in [0.15, 0.2) is 0 Å². The second-order valence-electron chi connectivity index (χ2n) is 5.76. The van der Waals surface area contributed by atoms with E-state index in [1.165, 1.54) is 0 Å². The van der Waals surface area contributed by atoms with E-state index in [1.807, 2.05) is 84.9 Å². The second kappa shape index (κ2) is 6.57. The number of hydrogen-bond acceptors (Lipinski definition) is 3. The largest absolute Gasteiger partial charge is 0.507 e. The molecule has 0 fully saturated rings. The van der Waals surface area contributed by atoms with Crippen LogP contribution in [0.25, 0.3) is 21.9 Å². The normalized spacial score (nSPS) is 11.2. The van der Waals surface area contributed by atoms with E-state index >= 15 is 0 Å². The Morgan fingerprint density at radius 1 is 0.560 bits per heavy atom. The average Bonchev–Trinajstić information content (AvgIpc) is 2.68. The van der Waals surface area contributed by atoms with Crippen LogP contribution >= 0.6 is 0 Å². The third-order valence-corrected chi connectivity index (χ3v) is 4.10. The van der Waals surface area contributed by atoms with Crippen LogP contribution in [0.3, 0.4) is 0 Å². The Hall–Kier alpha value is -3.46. The number of azo groups is 1. The van der Waals surface area contributed by atoms with Gasteiger partial charge in [-0.25, -0.2) is 0 Å². The Kier molecular flexibility index (Phi) is 3.97. The lowest BCUT2D eigenvalue weighted by Gasteiger charge is -2.09. The van der Waals surface area contributed by atoms with E-state index in [0.717, 1.165) is 33.3 Å². The standard InChI is InChI=1S/C22H16N2O/c25-21-15-12-16-6-4-5-9-20(16)22(21)17-10-13-19(14-11-17)24-23-18-7-2-1-3-8-18/h1-15,25H. The molecule has 120 valence electrons. The third-order valence-electron chi connectivity index (χ3n) is 4.10. The van der Waals surface area contributed by atoms with E-state index in [4.69, 9.17) is 0 Å². The number of nitrogens with zero attached hydrogens (tertiary/aromatic N) is 2. The molecule has 0 atom stereocenters. The summed E-state index contributed by atoms with van der Waals surface area (Å²) < 4.78 is 0. The van der Waals surface area contributed by atoms with E-state index in [0.29, 0.717) is 0 Å². The average molecular weight is 324 g/mol. The molecule has 0 amide bonds. The highest BCUT2D eigenvalue weighted by Crippen LogP contribution is 2.37. The first kappa shape index (κ1) is 15.1. The quantitative estimate of drug-likeness (QED) is 0.422. The second-order valence-corrected chi connectivity index (χ2v) is 5.76. The zero-order valence-electron chi connectivity index (χ0n) is 13.5. The van der Waals surface area contributed by atoms with Crippen molar-refractivity contribution in [2.75, 3.05) is 0 Å². The van der Waals surface area contributed by atoms with Gasteiger partial charge in [0.1, 0.15) is 5.75 Å². The Balaban J connectivity index is 1.69. The van der Waals surface area contributed by atoms with Crippen LogP contribution in [0.1, 0.15) is 0 Å². The summed E-state index contributed by atoms with van der Waals surface area (Å²) in [6.07, 6.45) is 0. The summed E-state index contributed by atoms with van der Waals surface area (Å²) in [5.41, 5.74) is 3.38. The van der Waals surface area contributed by atoms with Gasteiger partial charge in [0.2, 0.25) is 0 Å². The summed E-state index contributed by atoms with van der Waals surface area (Å²) in [6, 6.07) is 29.1. The van der Waals surface area contributed by atoms with Crippen LogP contribution in [0, 0.1) is 0 Å². The van der Waals surface area contributed by atoms with Crippen LogP contribution in [0.5, 0.6) is 5.75 Å². The van der Waals surface area contributed by atoms with Crippen molar-refractivity contribution in [1.82, 2.24) is 0 Å². The topological polar surface area (TPSA) is 45.0 Å². The van der Waals surface area contributed by atoms with Crippen molar-refractivity contribution in [2.45, 2.75) is 0 Å². The Morgan fingerprint density at radius 3 is 1.96 bits per heavy atom. The fourth-order valence-corrected chi connectivity index (χ4v) is 2.87. The molecule has 0 aliphatic carbocycles. The lowest BCUT2D eigenvalue weighted by molar-refractivity contribution is 0.478. The number of aromatic hydroxyl groups is 1. The van der Waals surface area contributed by atoms with E-state index in [1.54, 1.807) is 6.07 Å². The van der Waals surface area contributed by atoms with E-state index in [-0.39, 0.29) is 5.75 Å². The van der Waals surface area contributed by atoms with E-state index < -0.39 is 0 Å². The SMILES string of the molecule is Oc1ccc2ccccc2c1-c1ccc(N=Nc2ccccc2)cc1. The van der Waals surface area contributed by atoms with Gasteiger partial charge in [-0.05, 0) is 46.7 Å². The summed E-state index contributed by atoms with van der Waals surface area (Å²) in [5.74, 6) is 0.275. The molecule has 0 aliphatic rings. The Labute approximate surface area is 145 Å². The molecule has 25 heavy (non-hydrogen) atoms. The molecule has 0 saturated carbocycles. The van der Waals surface area contributed by atoms with Crippen molar-refractivity contribution in [1.29, 1.82) is 0 Å². The number of benzene rings is 4. The van der Waals surface area contributed by atoms with Gasteiger partial charge in [-0.15, -0.1) is 0 Å². The zero-order valence-corrected chi connectivity index (χ0v) is 13.5. The molecule has 0 spiro atoms. The molecule has 1 N–H and O–H groups in total. The molecular formula is C22H16N2O. The maximum atomic E-state index is 10.3. The number of hydrogen-bond donors (Lipinski definition) is 1. The first-order chi connectivity index (χ1) is 12.3. The minimum Gasteiger partial charge on any atom is -0.507 e. The van der Waals surface area contributed by atoms with Crippen molar-refractivity contribution >= 4 is 22.1 Å². The summed E-state index contributed by atoms with van der Waals surface area (Å²) >= 11 is 0. The maximum absolute atomic E-state index is 10.3. The molecule has 0 unspecified atom stereocenters. The van der Waals surface area contributed by atoms with Gasteiger partial charge in [0, 0.05) is 5.56 Å². The van der Waals surface area contributed by atoms with Crippen LogP contribution in [-0.2, 0) is 0 Å². The number of phenolic OH excluding ortho intramolecular Hbond substituents is 1. The summed E-state index contributed by atoms with van der Waals surface area (Å²) in [7, 11) is 0. The molecule has 0 aliphatic heterocycles. The first-order valence-corrected chi connectivity index (χ1v) is 8.09. The molecule has 3 heteroatoms. The van der Waals surface area contributed by atoms with Crippen LogP contribution in [0.15, 0.2) is 101 Å². The number of phenols is 1. The molecule has 0 saturated heterocycles. The lowest BCUT2D eigenvalue weighted by atomic mass is 9.97. The van der Waals surface area contributed by atoms with Gasteiger partial charge >= 0.3 is 0 Å². The molecule has 0 aromatic heterocycles. The minimum atomic E-state index is 0.275. The highest BCUT2D eigenvalue weighted by molar-refractivity contribution is 5.99. The summed E-state index contributed by atoms with van der Waals surface area (Å²) in [4.78, 5) is 0. The first-order valence-electron chi connectivity index (χ1n) is 8.09. The van der Waals surface area contributed by atoms with E-state index in [2.05, 4.69) is 10.2 Å². The van der Waals surface area contributed by atoms with Gasteiger partial charge in [-0.3, -0.25) is 0 Å². The van der Waals surface area contributed by atoms with Crippen molar-refractivity contribution in [2.24, 2.45) is 10.2 Å². The van der Waals surface area contributed by atoms with Crippen molar-refractivity contribution < 1.29 is 5.11 Å². The lowest BCUT2D eigenvalue weighted by Crippen LogP contribution is -1.82. The molecule has 0 radical (unpaired) electrons. The summed E-state index contributed by atoms with van der Waals surface area (Å²) in [5, 5.41) is 21.0. The minimum absolute atomic E-state index is 0.275.